The fourth-order valence-corrected chi connectivity index (χ4v) is 3.41. The van der Waals surface area contributed by atoms with Gasteiger partial charge in [-0.3, -0.25) is 0 Å². The molecule has 216 valence electrons. The second-order valence-corrected chi connectivity index (χ2v) is 11.1. The van der Waals surface area contributed by atoms with Gasteiger partial charge in [-0.25, -0.2) is 0 Å². The van der Waals surface area contributed by atoms with Gasteiger partial charge in [-0.2, -0.15) is 0 Å². The SMILES string of the molecule is CC(C)=CCC/C(C)=C/C=C\C(C)=C/C=C\C(C)=C/C=C/C=C(C)/C=C/C=C(C)\C=C/C=C(\C)CCC=C(C)C. The summed E-state index contributed by atoms with van der Waals surface area (Å²) in [6.45, 7) is 21.5. The molecule has 0 atom stereocenters. The zero-order valence-corrected chi connectivity index (χ0v) is 27.2. The summed E-state index contributed by atoms with van der Waals surface area (Å²) < 4.78 is 0. The lowest BCUT2D eigenvalue weighted by atomic mass is 10.1. The lowest BCUT2D eigenvalue weighted by Gasteiger charge is -1.96. The zero-order valence-electron chi connectivity index (χ0n) is 27.2. The first-order valence-corrected chi connectivity index (χ1v) is 14.7. The van der Waals surface area contributed by atoms with Crippen molar-refractivity contribution in [3.8, 4) is 0 Å². The predicted octanol–water partition coefficient (Wildman–Crippen LogP) is 12.9. The van der Waals surface area contributed by atoms with Gasteiger partial charge in [-0.05, 0) is 94.9 Å². The molecule has 0 aromatic heterocycles. The van der Waals surface area contributed by atoms with E-state index in [9.17, 15) is 0 Å². The van der Waals surface area contributed by atoms with Crippen LogP contribution in [0.15, 0.2) is 154 Å². The molecule has 0 aromatic rings. The summed E-state index contributed by atoms with van der Waals surface area (Å²) in [6, 6.07) is 0. The molecule has 0 saturated carbocycles. The van der Waals surface area contributed by atoms with E-state index in [4.69, 9.17) is 0 Å². The van der Waals surface area contributed by atoms with Crippen LogP contribution in [0.25, 0.3) is 0 Å². The molecule has 0 heteroatoms. The molecule has 0 unspecified atom stereocenters. The molecule has 0 amide bonds. The third kappa shape index (κ3) is 24.9. The summed E-state index contributed by atoms with van der Waals surface area (Å²) in [4.78, 5) is 0. The summed E-state index contributed by atoms with van der Waals surface area (Å²) in [5.41, 5.74) is 10.5. The van der Waals surface area contributed by atoms with Crippen molar-refractivity contribution in [2.75, 3.05) is 0 Å². The van der Waals surface area contributed by atoms with E-state index in [1.54, 1.807) is 0 Å². The van der Waals surface area contributed by atoms with Crippen LogP contribution >= 0.6 is 0 Å². The van der Waals surface area contributed by atoms with Gasteiger partial charge >= 0.3 is 0 Å². The van der Waals surface area contributed by atoms with E-state index < -0.39 is 0 Å². The van der Waals surface area contributed by atoms with Gasteiger partial charge in [0, 0.05) is 0 Å². The lowest BCUT2D eigenvalue weighted by Crippen LogP contribution is -1.76. The zero-order chi connectivity index (χ0) is 30.2. The van der Waals surface area contributed by atoms with Gasteiger partial charge in [-0.1, -0.05) is 154 Å². The van der Waals surface area contributed by atoms with Gasteiger partial charge in [-0.15, -0.1) is 0 Å². The van der Waals surface area contributed by atoms with E-state index in [2.05, 4.69) is 179 Å². The van der Waals surface area contributed by atoms with Crippen molar-refractivity contribution in [2.45, 2.75) is 94.9 Å². The summed E-state index contributed by atoms with van der Waals surface area (Å²) in [5.74, 6) is 0. The molecule has 0 bridgehead atoms. The van der Waals surface area contributed by atoms with Gasteiger partial charge in [0.2, 0.25) is 0 Å². The Kier molecular flexibility index (Phi) is 21.5. The third-order valence-corrected chi connectivity index (χ3v) is 5.93. The molecule has 0 saturated heterocycles. The van der Waals surface area contributed by atoms with Crippen LogP contribution in [0.1, 0.15) is 94.9 Å². The molecule has 0 aliphatic rings. The van der Waals surface area contributed by atoms with E-state index in [1.807, 2.05) is 0 Å². The van der Waals surface area contributed by atoms with Gasteiger partial charge in [0.05, 0.1) is 0 Å². The maximum atomic E-state index is 2.30. The highest BCUT2D eigenvalue weighted by molar-refractivity contribution is 5.32. The Morgan fingerprint density at radius 2 is 0.625 bits per heavy atom. The Morgan fingerprint density at radius 1 is 0.350 bits per heavy atom. The van der Waals surface area contributed by atoms with Crippen molar-refractivity contribution in [3.05, 3.63) is 154 Å². The van der Waals surface area contributed by atoms with Crippen molar-refractivity contribution in [2.24, 2.45) is 0 Å². The van der Waals surface area contributed by atoms with E-state index in [0.29, 0.717) is 0 Å². The molecule has 0 radical (unpaired) electrons. The second-order valence-electron chi connectivity index (χ2n) is 11.1. The van der Waals surface area contributed by atoms with Crippen molar-refractivity contribution in [1.29, 1.82) is 0 Å². The molecule has 0 aromatic carbocycles. The van der Waals surface area contributed by atoms with Gasteiger partial charge < -0.3 is 0 Å². The van der Waals surface area contributed by atoms with E-state index in [1.165, 1.54) is 44.6 Å². The highest BCUT2D eigenvalue weighted by Crippen LogP contribution is 2.09. The molecule has 40 heavy (non-hydrogen) atoms. The van der Waals surface area contributed by atoms with Crippen LogP contribution < -0.4 is 0 Å². The Balaban J connectivity index is 4.70. The highest BCUT2D eigenvalue weighted by atomic mass is 13.9. The Bertz CT molecular complexity index is 1050. The van der Waals surface area contributed by atoms with Crippen LogP contribution in [0.4, 0.5) is 0 Å². The Hall–Kier alpha value is -3.38. The predicted molar refractivity (Wildman–Crippen MR) is 186 cm³/mol. The maximum absolute atomic E-state index is 2.30. The average Bonchev–Trinajstić information content (AvgIpc) is 2.86. The quantitative estimate of drug-likeness (QED) is 0.136. The molecule has 0 fully saturated rings. The molecule has 0 spiro atoms. The lowest BCUT2D eigenvalue weighted by molar-refractivity contribution is 0.967. The Morgan fingerprint density at radius 3 is 0.925 bits per heavy atom. The molecule has 0 nitrogen and oxygen atoms in total. The smallest absolute Gasteiger partial charge is 0.0285 e. The molecule has 0 rings (SSSR count). The second kappa shape index (κ2) is 23.5. The van der Waals surface area contributed by atoms with E-state index in [-0.39, 0.29) is 0 Å². The van der Waals surface area contributed by atoms with E-state index >= 15 is 0 Å². The summed E-state index contributed by atoms with van der Waals surface area (Å²) in [6.07, 6.45) is 43.3. The van der Waals surface area contributed by atoms with Crippen LogP contribution in [0.3, 0.4) is 0 Å². The number of rotatable bonds is 16. The number of hydrogen-bond acceptors (Lipinski definition) is 0. The summed E-state index contributed by atoms with van der Waals surface area (Å²) in [5, 5.41) is 0. The fourth-order valence-electron chi connectivity index (χ4n) is 3.41. The number of hydrogen-bond donors (Lipinski definition) is 0. The van der Waals surface area contributed by atoms with Gasteiger partial charge in [0.1, 0.15) is 0 Å². The highest BCUT2D eigenvalue weighted by Gasteiger charge is 1.88. The van der Waals surface area contributed by atoms with Crippen molar-refractivity contribution >= 4 is 0 Å². The van der Waals surface area contributed by atoms with Crippen LogP contribution in [0, 0.1) is 0 Å². The summed E-state index contributed by atoms with van der Waals surface area (Å²) in [7, 11) is 0. The minimum atomic E-state index is 1.12. The topological polar surface area (TPSA) is 0 Å². The molecule has 0 heterocycles. The minimum Gasteiger partial charge on any atom is -0.0856 e. The van der Waals surface area contributed by atoms with Crippen molar-refractivity contribution in [3.63, 3.8) is 0 Å². The molecule has 0 aliphatic heterocycles. The van der Waals surface area contributed by atoms with E-state index in [0.717, 1.165) is 25.7 Å². The average molecular weight is 537 g/mol. The normalized spacial score (nSPS) is 15.1. The largest absolute Gasteiger partial charge is 0.0856 e. The van der Waals surface area contributed by atoms with Crippen molar-refractivity contribution in [1.82, 2.24) is 0 Å². The Labute approximate surface area is 248 Å². The minimum absolute atomic E-state index is 1.12. The molecular weight excluding hydrogens is 480 g/mol. The monoisotopic (exact) mass is 536 g/mol. The number of allylic oxidation sites excluding steroid dienone is 26. The van der Waals surface area contributed by atoms with Crippen LogP contribution in [0.5, 0.6) is 0 Å². The third-order valence-electron chi connectivity index (χ3n) is 5.93. The van der Waals surface area contributed by atoms with Crippen molar-refractivity contribution < 1.29 is 0 Å². The first-order valence-electron chi connectivity index (χ1n) is 14.7. The fraction of sp³-hybridized carbons (Fsp3) is 0.350. The maximum Gasteiger partial charge on any atom is -0.0285 e. The first kappa shape index (κ1) is 36.6. The standard InChI is InChI=1S/C40H56/c1-33(2)19-13-23-37(7)27-17-31-39(9)29-15-25-35(5)21-11-12-22-36(6)26-16-30-40(10)32-18-28-38(8)24-14-20-34(3)4/h11-12,15-22,25-32H,13-14,23-24H2,1-10H3/b12-11+,25-15-,26-16+,31-17-,32-18-,35-21-,36-22+,37-27+,38-28+,39-29-,40-30-. The van der Waals surface area contributed by atoms with Crippen LogP contribution in [-0.2, 0) is 0 Å². The van der Waals surface area contributed by atoms with Crippen LogP contribution in [0.2, 0.25) is 0 Å². The van der Waals surface area contributed by atoms with Gasteiger partial charge in [0.15, 0.2) is 0 Å². The molecule has 0 N–H and O–H groups in total. The summed E-state index contributed by atoms with van der Waals surface area (Å²) >= 11 is 0. The first-order chi connectivity index (χ1) is 19.0. The molecule has 0 aliphatic carbocycles. The van der Waals surface area contributed by atoms with Gasteiger partial charge in [0.25, 0.3) is 0 Å². The van der Waals surface area contributed by atoms with Crippen LogP contribution in [-0.4, -0.2) is 0 Å². The molecular formula is C40H56.